The highest BCUT2D eigenvalue weighted by molar-refractivity contribution is 4.85. The molecule has 1 N–H and O–H groups in total. The van der Waals surface area contributed by atoms with Crippen LogP contribution >= 0.6 is 0 Å². The molecular formula is C12H25NO. The maximum Gasteiger partial charge on any atom is 0.0436 e. The normalized spacial score (nSPS) is 20.1. The van der Waals surface area contributed by atoms with Crippen LogP contribution in [0.5, 0.6) is 0 Å². The molecule has 14 heavy (non-hydrogen) atoms. The highest BCUT2D eigenvalue weighted by atomic mass is 16.3. The summed E-state index contributed by atoms with van der Waals surface area (Å²) in [5.41, 5.74) is 0.275. The quantitative estimate of drug-likeness (QED) is 0.732. The Labute approximate surface area is 88.3 Å². The zero-order valence-electron chi connectivity index (χ0n) is 10.1. The number of hydrogen-bond acceptors (Lipinski definition) is 2. The van der Waals surface area contributed by atoms with Gasteiger partial charge in [-0.1, -0.05) is 27.7 Å². The Hall–Kier alpha value is -0.0800. The molecule has 0 aromatic rings. The van der Waals surface area contributed by atoms with Gasteiger partial charge < -0.3 is 10.0 Å². The van der Waals surface area contributed by atoms with Gasteiger partial charge in [-0.15, -0.1) is 0 Å². The topological polar surface area (TPSA) is 23.5 Å². The smallest absolute Gasteiger partial charge is 0.0436 e. The molecule has 84 valence electrons. The number of aliphatic hydroxyl groups excluding tert-OH is 1. The Bertz CT molecular complexity index is 171. The van der Waals surface area contributed by atoms with Gasteiger partial charge in [0.1, 0.15) is 0 Å². The minimum atomic E-state index is 0.275. The monoisotopic (exact) mass is 199 g/mol. The van der Waals surface area contributed by atoms with Crippen molar-refractivity contribution < 1.29 is 5.11 Å². The molecule has 1 rings (SSSR count). The van der Waals surface area contributed by atoms with Crippen LogP contribution in [0.25, 0.3) is 0 Å². The summed E-state index contributed by atoms with van der Waals surface area (Å²) in [5.74, 6) is 1.73. The Morgan fingerprint density at radius 2 is 1.93 bits per heavy atom. The van der Waals surface area contributed by atoms with E-state index in [1.54, 1.807) is 0 Å². The van der Waals surface area contributed by atoms with Crippen LogP contribution in [-0.4, -0.2) is 36.2 Å². The summed E-state index contributed by atoms with van der Waals surface area (Å²) in [6.07, 6.45) is 0.913. The molecule has 2 nitrogen and oxygen atoms in total. The van der Waals surface area contributed by atoms with Crippen molar-refractivity contribution in [2.24, 2.45) is 17.3 Å². The van der Waals surface area contributed by atoms with Crippen molar-refractivity contribution in [1.82, 2.24) is 4.90 Å². The molecule has 1 heterocycles. The molecule has 0 radical (unpaired) electrons. The van der Waals surface area contributed by atoms with E-state index in [2.05, 4.69) is 32.6 Å². The molecule has 1 saturated heterocycles. The SMILES string of the molecule is CC(C)C1CN(CC(C)(C)CCO)C1. The predicted molar refractivity (Wildman–Crippen MR) is 60.3 cm³/mol. The second kappa shape index (κ2) is 4.63. The second-order valence-corrected chi connectivity index (χ2v) is 5.84. The van der Waals surface area contributed by atoms with Gasteiger partial charge in [-0.25, -0.2) is 0 Å². The van der Waals surface area contributed by atoms with Gasteiger partial charge in [-0.2, -0.15) is 0 Å². The Balaban J connectivity index is 2.22. The van der Waals surface area contributed by atoms with Crippen LogP contribution in [-0.2, 0) is 0 Å². The van der Waals surface area contributed by atoms with Gasteiger partial charge in [0.15, 0.2) is 0 Å². The van der Waals surface area contributed by atoms with E-state index in [1.165, 1.54) is 13.1 Å². The first-order valence-electron chi connectivity index (χ1n) is 5.78. The van der Waals surface area contributed by atoms with E-state index in [9.17, 15) is 0 Å². The molecule has 0 aromatic carbocycles. The first kappa shape index (κ1) is 12.0. The van der Waals surface area contributed by atoms with Gasteiger partial charge in [0.05, 0.1) is 0 Å². The van der Waals surface area contributed by atoms with Crippen molar-refractivity contribution in [1.29, 1.82) is 0 Å². The predicted octanol–water partition coefficient (Wildman–Crippen LogP) is 1.98. The third-order valence-electron chi connectivity index (χ3n) is 3.37. The van der Waals surface area contributed by atoms with E-state index in [0.717, 1.165) is 24.8 Å². The van der Waals surface area contributed by atoms with E-state index < -0.39 is 0 Å². The third kappa shape index (κ3) is 3.25. The molecule has 0 amide bonds. The molecule has 0 atom stereocenters. The van der Waals surface area contributed by atoms with Crippen LogP contribution in [0.15, 0.2) is 0 Å². The highest BCUT2D eigenvalue weighted by Crippen LogP contribution is 2.29. The zero-order chi connectivity index (χ0) is 10.8. The molecule has 0 bridgehead atoms. The fourth-order valence-electron chi connectivity index (χ4n) is 2.15. The molecule has 0 spiro atoms. The van der Waals surface area contributed by atoms with Crippen molar-refractivity contribution in [3.8, 4) is 0 Å². The maximum atomic E-state index is 8.93. The minimum absolute atomic E-state index is 0.275. The zero-order valence-corrected chi connectivity index (χ0v) is 10.1. The summed E-state index contributed by atoms with van der Waals surface area (Å²) in [7, 11) is 0. The van der Waals surface area contributed by atoms with Gasteiger partial charge >= 0.3 is 0 Å². The molecular weight excluding hydrogens is 174 g/mol. The minimum Gasteiger partial charge on any atom is -0.396 e. The Kier molecular flexibility index (Phi) is 3.96. The average molecular weight is 199 g/mol. The fraction of sp³-hybridized carbons (Fsp3) is 1.00. The molecule has 0 saturated carbocycles. The molecule has 1 aliphatic rings. The van der Waals surface area contributed by atoms with E-state index >= 15 is 0 Å². The Morgan fingerprint density at radius 1 is 1.36 bits per heavy atom. The van der Waals surface area contributed by atoms with Gasteiger partial charge in [0.2, 0.25) is 0 Å². The van der Waals surface area contributed by atoms with Gasteiger partial charge in [-0.3, -0.25) is 0 Å². The van der Waals surface area contributed by atoms with E-state index in [-0.39, 0.29) is 5.41 Å². The average Bonchev–Trinajstić information content (AvgIpc) is 1.95. The molecule has 0 aromatic heterocycles. The summed E-state index contributed by atoms with van der Waals surface area (Å²) >= 11 is 0. The van der Waals surface area contributed by atoms with E-state index in [1.807, 2.05) is 0 Å². The number of aliphatic hydroxyl groups is 1. The lowest BCUT2D eigenvalue weighted by atomic mass is 9.83. The number of rotatable bonds is 5. The van der Waals surface area contributed by atoms with E-state index in [0.29, 0.717) is 6.61 Å². The van der Waals surface area contributed by atoms with Crippen molar-refractivity contribution in [3.63, 3.8) is 0 Å². The number of likely N-dealkylation sites (tertiary alicyclic amines) is 1. The van der Waals surface area contributed by atoms with Crippen molar-refractivity contribution in [2.75, 3.05) is 26.2 Å². The third-order valence-corrected chi connectivity index (χ3v) is 3.37. The number of hydrogen-bond donors (Lipinski definition) is 1. The van der Waals surface area contributed by atoms with Gasteiger partial charge in [0, 0.05) is 26.2 Å². The second-order valence-electron chi connectivity index (χ2n) is 5.84. The van der Waals surface area contributed by atoms with Gasteiger partial charge in [0.25, 0.3) is 0 Å². The van der Waals surface area contributed by atoms with Crippen LogP contribution in [0.1, 0.15) is 34.1 Å². The van der Waals surface area contributed by atoms with Gasteiger partial charge in [-0.05, 0) is 23.7 Å². The molecule has 2 heteroatoms. The van der Waals surface area contributed by atoms with E-state index in [4.69, 9.17) is 5.11 Å². The first-order valence-corrected chi connectivity index (χ1v) is 5.78. The summed E-state index contributed by atoms with van der Waals surface area (Å²) in [5, 5.41) is 8.93. The lowest BCUT2D eigenvalue weighted by Crippen LogP contribution is -2.52. The standard InChI is InChI=1S/C12H25NO/c1-10(2)11-7-13(8-11)9-12(3,4)5-6-14/h10-11,14H,5-9H2,1-4H3. The maximum absolute atomic E-state index is 8.93. The lowest BCUT2D eigenvalue weighted by molar-refractivity contribution is 0.0277. The van der Waals surface area contributed by atoms with Crippen LogP contribution in [0, 0.1) is 17.3 Å². The first-order chi connectivity index (χ1) is 6.44. The van der Waals surface area contributed by atoms with Crippen LogP contribution < -0.4 is 0 Å². The summed E-state index contributed by atoms with van der Waals surface area (Å²) in [6, 6.07) is 0. The fourth-order valence-corrected chi connectivity index (χ4v) is 2.15. The molecule has 1 fully saturated rings. The summed E-state index contributed by atoms with van der Waals surface area (Å²) in [4.78, 5) is 2.51. The largest absolute Gasteiger partial charge is 0.396 e. The van der Waals surface area contributed by atoms with Crippen molar-refractivity contribution >= 4 is 0 Å². The summed E-state index contributed by atoms with van der Waals surface area (Å²) in [6.45, 7) is 13.1. The summed E-state index contributed by atoms with van der Waals surface area (Å²) < 4.78 is 0. The molecule has 0 aliphatic carbocycles. The number of nitrogens with zero attached hydrogens (tertiary/aromatic N) is 1. The highest BCUT2D eigenvalue weighted by Gasteiger charge is 2.32. The van der Waals surface area contributed by atoms with Crippen molar-refractivity contribution in [3.05, 3.63) is 0 Å². The lowest BCUT2D eigenvalue weighted by Gasteiger charge is -2.45. The van der Waals surface area contributed by atoms with Crippen LogP contribution in [0.3, 0.4) is 0 Å². The van der Waals surface area contributed by atoms with Crippen LogP contribution in [0.2, 0.25) is 0 Å². The molecule has 0 unspecified atom stereocenters. The van der Waals surface area contributed by atoms with Crippen molar-refractivity contribution in [2.45, 2.75) is 34.1 Å². The Morgan fingerprint density at radius 3 is 2.36 bits per heavy atom. The molecule has 1 aliphatic heterocycles. The van der Waals surface area contributed by atoms with Crippen LogP contribution in [0.4, 0.5) is 0 Å².